The molecule has 0 N–H and O–H groups in total. The Bertz CT molecular complexity index is 101. The van der Waals surface area contributed by atoms with Crippen molar-refractivity contribution in [3.8, 4) is 0 Å². The van der Waals surface area contributed by atoms with Crippen LogP contribution in [0.4, 0.5) is 0 Å². The summed E-state index contributed by atoms with van der Waals surface area (Å²) in [5.41, 5.74) is 0.0829. The summed E-state index contributed by atoms with van der Waals surface area (Å²) in [6.07, 6.45) is 1.11. The highest BCUT2D eigenvalue weighted by Gasteiger charge is 2.30. The van der Waals surface area contributed by atoms with E-state index in [1.54, 1.807) is 0 Å². The van der Waals surface area contributed by atoms with Crippen LogP contribution in [0, 0.1) is 5.92 Å². The standard InChI is InChI=1S/C7H13ClO/c1-7(2)3-6(4-8)5-9-7/h6H,3-5H2,1-2H3. The molecule has 0 saturated carbocycles. The lowest BCUT2D eigenvalue weighted by atomic mass is 10.00. The third-order valence-electron chi connectivity index (χ3n) is 1.71. The molecule has 0 aliphatic carbocycles. The van der Waals surface area contributed by atoms with E-state index in [4.69, 9.17) is 16.3 Å². The van der Waals surface area contributed by atoms with Crippen molar-refractivity contribution >= 4 is 11.6 Å². The first-order valence-electron chi connectivity index (χ1n) is 3.34. The van der Waals surface area contributed by atoms with Gasteiger partial charge in [0.25, 0.3) is 0 Å². The Morgan fingerprint density at radius 3 is 2.56 bits per heavy atom. The molecule has 1 saturated heterocycles. The van der Waals surface area contributed by atoms with Gasteiger partial charge in [0.05, 0.1) is 12.2 Å². The van der Waals surface area contributed by atoms with Crippen LogP contribution in [0.2, 0.25) is 0 Å². The second-order valence-electron chi connectivity index (χ2n) is 3.30. The summed E-state index contributed by atoms with van der Waals surface area (Å²) in [5.74, 6) is 1.32. The van der Waals surface area contributed by atoms with Crippen LogP contribution in [0.15, 0.2) is 0 Å². The molecular formula is C7H13ClO. The van der Waals surface area contributed by atoms with Crippen molar-refractivity contribution in [2.75, 3.05) is 12.5 Å². The minimum absolute atomic E-state index is 0.0829. The van der Waals surface area contributed by atoms with Gasteiger partial charge in [0.15, 0.2) is 0 Å². The van der Waals surface area contributed by atoms with Gasteiger partial charge in [0, 0.05) is 5.88 Å². The van der Waals surface area contributed by atoms with Gasteiger partial charge in [-0.2, -0.15) is 0 Å². The maximum absolute atomic E-state index is 5.66. The zero-order chi connectivity index (χ0) is 6.91. The van der Waals surface area contributed by atoms with Crippen molar-refractivity contribution in [2.24, 2.45) is 5.92 Å². The van der Waals surface area contributed by atoms with Gasteiger partial charge in [0.2, 0.25) is 0 Å². The molecule has 1 rings (SSSR count). The number of alkyl halides is 1. The van der Waals surface area contributed by atoms with E-state index in [2.05, 4.69) is 13.8 Å². The van der Waals surface area contributed by atoms with Gasteiger partial charge < -0.3 is 4.74 Å². The fraction of sp³-hybridized carbons (Fsp3) is 1.00. The van der Waals surface area contributed by atoms with Crippen molar-refractivity contribution in [3.63, 3.8) is 0 Å². The molecule has 0 radical (unpaired) electrons. The molecule has 1 unspecified atom stereocenters. The number of hydrogen-bond acceptors (Lipinski definition) is 1. The molecule has 2 heteroatoms. The summed E-state index contributed by atoms with van der Waals surface area (Å²) in [4.78, 5) is 0. The van der Waals surface area contributed by atoms with Crippen LogP contribution in [0.3, 0.4) is 0 Å². The molecule has 1 aliphatic rings. The largest absolute Gasteiger partial charge is 0.375 e. The van der Waals surface area contributed by atoms with Gasteiger partial charge in [-0.05, 0) is 26.2 Å². The van der Waals surface area contributed by atoms with E-state index >= 15 is 0 Å². The van der Waals surface area contributed by atoms with Crippen LogP contribution in [-0.4, -0.2) is 18.1 Å². The summed E-state index contributed by atoms with van der Waals surface area (Å²) in [6.45, 7) is 5.07. The van der Waals surface area contributed by atoms with Crippen LogP contribution in [-0.2, 0) is 4.74 Å². The molecular weight excluding hydrogens is 136 g/mol. The van der Waals surface area contributed by atoms with Gasteiger partial charge in [-0.25, -0.2) is 0 Å². The number of rotatable bonds is 1. The van der Waals surface area contributed by atoms with Gasteiger partial charge in [-0.1, -0.05) is 0 Å². The highest BCUT2D eigenvalue weighted by Crippen LogP contribution is 2.29. The zero-order valence-corrected chi connectivity index (χ0v) is 6.74. The van der Waals surface area contributed by atoms with E-state index < -0.39 is 0 Å². The monoisotopic (exact) mass is 148 g/mol. The first kappa shape index (κ1) is 7.36. The Balaban J connectivity index is 2.38. The predicted octanol–water partition coefficient (Wildman–Crippen LogP) is 2.04. The second-order valence-corrected chi connectivity index (χ2v) is 3.60. The van der Waals surface area contributed by atoms with Crippen molar-refractivity contribution in [3.05, 3.63) is 0 Å². The third kappa shape index (κ3) is 1.84. The van der Waals surface area contributed by atoms with Crippen LogP contribution < -0.4 is 0 Å². The average molecular weight is 149 g/mol. The topological polar surface area (TPSA) is 9.23 Å². The van der Waals surface area contributed by atoms with E-state index in [0.717, 1.165) is 18.9 Å². The highest BCUT2D eigenvalue weighted by atomic mass is 35.5. The van der Waals surface area contributed by atoms with Crippen LogP contribution in [0.1, 0.15) is 20.3 Å². The van der Waals surface area contributed by atoms with Crippen LogP contribution >= 0.6 is 11.6 Å². The van der Waals surface area contributed by atoms with Crippen molar-refractivity contribution in [1.82, 2.24) is 0 Å². The lowest BCUT2D eigenvalue weighted by Crippen LogP contribution is -2.16. The SMILES string of the molecule is CC1(C)CC(CCl)CO1. The molecule has 0 aromatic rings. The number of hydrogen-bond donors (Lipinski definition) is 0. The Morgan fingerprint density at radius 1 is 1.67 bits per heavy atom. The normalized spacial score (nSPS) is 33.0. The quantitative estimate of drug-likeness (QED) is 0.518. The molecule has 54 valence electrons. The fourth-order valence-electron chi connectivity index (χ4n) is 1.26. The maximum Gasteiger partial charge on any atom is 0.0630 e. The summed E-state index contributed by atoms with van der Waals surface area (Å²) in [7, 11) is 0. The molecule has 0 aromatic heterocycles. The van der Waals surface area contributed by atoms with Gasteiger partial charge >= 0.3 is 0 Å². The molecule has 0 aromatic carbocycles. The summed E-state index contributed by atoms with van der Waals surface area (Å²) in [5, 5.41) is 0. The molecule has 0 bridgehead atoms. The smallest absolute Gasteiger partial charge is 0.0630 e. The van der Waals surface area contributed by atoms with Gasteiger partial charge in [0.1, 0.15) is 0 Å². The Hall–Kier alpha value is 0.250. The first-order chi connectivity index (χ1) is 4.14. The Labute approximate surface area is 61.3 Å². The summed E-state index contributed by atoms with van der Waals surface area (Å²) >= 11 is 5.66. The molecule has 1 nitrogen and oxygen atoms in total. The van der Waals surface area contributed by atoms with E-state index in [9.17, 15) is 0 Å². The molecule has 1 fully saturated rings. The zero-order valence-electron chi connectivity index (χ0n) is 5.98. The summed E-state index contributed by atoms with van der Waals surface area (Å²) < 4.78 is 5.46. The van der Waals surface area contributed by atoms with Crippen LogP contribution in [0.25, 0.3) is 0 Å². The summed E-state index contributed by atoms with van der Waals surface area (Å²) in [6, 6.07) is 0. The number of ether oxygens (including phenoxy) is 1. The van der Waals surface area contributed by atoms with E-state index in [1.807, 2.05) is 0 Å². The molecule has 1 aliphatic heterocycles. The second kappa shape index (κ2) is 2.47. The molecule has 1 heterocycles. The predicted molar refractivity (Wildman–Crippen MR) is 38.9 cm³/mol. The van der Waals surface area contributed by atoms with Crippen molar-refractivity contribution < 1.29 is 4.74 Å². The van der Waals surface area contributed by atoms with Crippen molar-refractivity contribution in [1.29, 1.82) is 0 Å². The molecule has 0 spiro atoms. The third-order valence-corrected chi connectivity index (χ3v) is 2.14. The van der Waals surface area contributed by atoms with E-state index in [0.29, 0.717) is 5.92 Å². The molecule has 1 atom stereocenters. The average Bonchev–Trinajstić information content (AvgIpc) is 2.10. The maximum atomic E-state index is 5.66. The fourth-order valence-corrected chi connectivity index (χ4v) is 1.45. The van der Waals surface area contributed by atoms with Gasteiger partial charge in [-0.15, -0.1) is 11.6 Å². The Morgan fingerprint density at radius 2 is 2.33 bits per heavy atom. The minimum Gasteiger partial charge on any atom is -0.375 e. The lowest BCUT2D eigenvalue weighted by Gasteiger charge is -2.15. The Kier molecular flexibility index (Phi) is 2.02. The molecule has 9 heavy (non-hydrogen) atoms. The first-order valence-corrected chi connectivity index (χ1v) is 3.87. The van der Waals surface area contributed by atoms with Gasteiger partial charge in [-0.3, -0.25) is 0 Å². The van der Waals surface area contributed by atoms with Crippen molar-refractivity contribution in [2.45, 2.75) is 25.9 Å². The van der Waals surface area contributed by atoms with E-state index in [-0.39, 0.29) is 5.60 Å². The molecule has 0 amide bonds. The number of halogens is 1. The minimum atomic E-state index is 0.0829. The lowest BCUT2D eigenvalue weighted by molar-refractivity contribution is 0.0353. The van der Waals surface area contributed by atoms with Crippen LogP contribution in [0.5, 0.6) is 0 Å². The van der Waals surface area contributed by atoms with E-state index in [1.165, 1.54) is 0 Å². The highest BCUT2D eigenvalue weighted by molar-refractivity contribution is 6.18.